The van der Waals surface area contributed by atoms with Gasteiger partial charge in [0.2, 0.25) is 19.1 Å². The Balaban J connectivity index is 0.000000257. The molecular formula is C83H89BrClN16NaO8S2. The summed E-state index contributed by atoms with van der Waals surface area (Å²) in [4.78, 5) is 4.20. The maximum Gasteiger partial charge on any atom is 1.00 e. The third-order valence-corrected chi connectivity index (χ3v) is 18.1. The Labute approximate surface area is 690 Å². The molecule has 0 atom stereocenters. The van der Waals surface area contributed by atoms with E-state index in [0.29, 0.717) is 55.5 Å². The van der Waals surface area contributed by atoms with Crippen molar-refractivity contribution in [2.45, 2.75) is 89.0 Å². The van der Waals surface area contributed by atoms with Crippen molar-refractivity contribution < 1.29 is 65.3 Å². The summed E-state index contributed by atoms with van der Waals surface area (Å²) in [7, 11) is -1.91. The van der Waals surface area contributed by atoms with Crippen LogP contribution in [0.5, 0.6) is 23.0 Å². The van der Waals surface area contributed by atoms with Gasteiger partial charge >= 0.3 is 29.6 Å². The first-order valence-electron chi connectivity index (χ1n) is 35.0. The zero-order valence-electron chi connectivity index (χ0n) is 63.8. The molecule has 0 radical (unpaired) electrons. The second-order valence-corrected chi connectivity index (χ2v) is 30.4. The van der Waals surface area contributed by atoms with Crippen LogP contribution in [-0.4, -0.2) is 99.0 Å². The average molecular weight is 1640 g/mol. The van der Waals surface area contributed by atoms with Gasteiger partial charge in [-0.3, -0.25) is 4.91 Å². The average Bonchev–Trinajstić information content (AvgIpc) is 1.63. The van der Waals surface area contributed by atoms with E-state index in [1.165, 1.54) is 21.6 Å². The minimum absolute atomic E-state index is 0. The molecule has 0 amide bonds. The van der Waals surface area contributed by atoms with Crippen LogP contribution in [0.25, 0.3) is 115 Å². The van der Waals surface area contributed by atoms with Crippen molar-refractivity contribution in [3.05, 3.63) is 241 Å². The molecule has 0 aliphatic rings. The van der Waals surface area contributed by atoms with Gasteiger partial charge in [-0.05, 0) is 227 Å². The van der Waals surface area contributed by atoms with Gasteiger partial charge in [-0.1, -0.05) is 77.0 Å². The molecule has 4 heterocycles. The molecule has 24 nitrogen and oxygen atoms in total. The van der Waals surface area contributed by atoms with E-state index >= 15 is 0 Å². The van der Waals surface area contributed by atoms with Crippen LogP contribution in [0.3, 0.4) is 0 Å². The standard InChI is InChI=1S/C21H23N3O3S.C20H19BrN2O.C20H19N5O.C20H21N3O.CH3ClO2S.CH4.N3.Na/c1-4-24-20-13-15(2)5-10-18(20)19(14-22)21(24)16-6-8-17(9-7-16)27-12-11-23-28(3,25)26;1-3-23-19-12-14(2)4-9-17(19)18(13-22)20(23)15-5-7-16(8-6-15)24-11-10-21;1-3-25-19-12-14(2)4-9-17(19)18(13-21)20(25)15-5-7-16(8-6-15)26-11-10-23-24-22;1-3-23-19-12-14(2)4-9-17(19)18(13-22)20(23)15-5-7-16(8-6-15)24-11-10-21;1-5(2,3)4;;1-3-2;/h5-10,13,23H,4,11-12H2,1-3H3;4-9,12H,3,10-11H2,1-2H3;4-9,12H,3,10-11H2,1-2H3;4-9,12H,3,10-11,21H2,1-2H3;1H3;1H4;;/q;;;;;;-1;+1. The normalized spacial score (nSPS) is 10.5. The number of nitriles is 4. The first kappa shape index (κ1) is 91.9. The topological polar surface area (TPSA) is 366 Å². The third-order valence-electron chi connectivity index (χ3n) is 17.1. The van der Waals surface area contributed by atoms with Crippen LogP contribution in [0.15, 0.2) is 175 Å². The maximum atomic E-state index is 11.1. The number of azide groups is 1. The molecule has 0 unspecified atom stereocenters. The summed E-state index contributed by atoms with van der Waals surface area (Å²) in [6.45, 7) is 22.5. The summed E-state index contributed by atoms with van der Waals surface area (Å²) in [5, 5.41) is 47.2. The number of alkyl halides is 1. The van der Waals surface area contributed by atoms with Crippen molar-refractivity contribution in [3.8, 4) is 92.3 Å². The first-order valence-corrected chi connectivity index (χ1v) is 40.7. The van der Waals surface area contributed by atoms with Gasteiger partial charge in [-0.25, -0.2) is 21.6 Å². The fourth-order valence-electron chi connectivity index (χ4n) is 12.6. The maximum absolute atomic E-state index is 11.1. The number of benzene rings is 8. The van der Waals surface area contributed by atoms with Crippen molar-refractivity contribution in [1.29, 1.82) is 21.0 Å². The number of ether oxygens (including phenoxy) is 4. The quantitative estimate of drug-likeness (QED) is 0.0114. The van der Waals surface area contributed by atoms with Gasteiger partial charge in [0.15, 0.2) is 0 Å². The molecule has 29 heteroatoms. The number of aromatic nitrogens is 4. The molecule has 3 N–H and O–H groups in total. The first-order chi connectivity index (χ1) is 52.8. The van der Waals surface area contributed by atoms with Crippen LogP contribution < -0.4 is 59.0 Å². The number of nitrogens with one attached hydrogen (secondary N) is 1. The summed E-state index contributed by atoms with van der Waals surface area (Å²) < 4.78 is 74.4. The Morgan fingerprint density at radius 3 is 0.938 bits per heavy atom. The van der Waals surface area contributed by atoms with Crippen molar-refractivity contribution in [2.75, 3.05) is 63.9 Å². The van der Waals surface area contributed by atoms with E-state index in [9.17, 15) is 37.9 Å². The van der Waals surface area contributed by atoms with Gasteiger partial charge in [0.05, 0.1) is 99.4 Å². The Hall–Kier alpha value is -10.7. The molecule has 12 rings (SSSR count). The number of nitrogens with two attached hydrogens (primary N) is 1. The van der Waals surface area contributed by atoms with E-state index in [-0.39, 0.29) is 50.1 Å². The van der Waals surface area contributed by atoms with E-state index in [0.717, 1.165) is 161 Å². The fourth-order valence-corrected chi connectivity index (χ4v) is 13.2. The zero-order chi connectivity index (χ0) is 80.2. The predicted molar refractivity (Wildman–Crippen MR) is 449 cm³/mol. The van der Waals surface area contributed by atoms with E-state index in [4.69, 9.17) is 41.3 Å². The molecule has 0 spiro atoms. The summed E-state index contributed by atoms with van der Waals surface area (Å²) >= 11 is 3.36. The van der Waals surface area contributed by atoms with E-state index in [2.05, 4.69) is 169 Å². The molecule has 0 bridgehead atoms. The minimum atomic E-state index is -3.22. The summed E-state index contributed by atoms with van der Waals surface area (Å²) in [6, 6.07) is 65.3. The number of sulfonamides is 1. The number of hydrogen-bond donors (Lipinski definition) is 2. The Kier molecular flexibility index (Phi) is 36.4. The molecule has 0 aliphatic carbocycles. The number of fused-ring (bicyclic) bond motifs is 4. The second kappa shape index (κ2) is 44.4. The van der Waals surface area contributed by atoms with Crippen LogP contribution in [0.4, 0.5) is 0 Å². The van der Waals surface area contributed by atoms with Gasteiger partial charge in [-0.2, -0.15) is 21.0 Å². The summed E-state index contributed by atoms with van der Waals surface area (Å²) in [6.07, 6.45) is 2.04. The smallest absolute Gasteiger partial charge is 0.493 e. The zero-order valence-corrected chi connectivity index (χ0v) is 69.8. The number of aryl methyl sites for hydroxylation is 8. The SMILES string of the molecule is C.CCn1c(-c2ccc(OCCBr)cc2)c(C#N)c2ccc(C)cc21.CCn1c(-c2ccc(OCCN)cc2)c(C#N)c2ccc(C)cc21.CCn1c(-c2ccc(OCCN=[N+]=[N-])cc2)c(C#N)c2ccc(C)cc21.CCn1c(-c2ccc(OCCNS(C)(=O)=O)cc2)c(C#N)c2ccc(C)cc21.CS(=O)(=O)Cl.[N-]=[N+]=[N-].[Na+]. The van der Waals surface area contributed by atoms with Gasteiger partial charge in [-0.15, -0.1) is 0 Å². The van der Waals surface area contributed by atoms with E-state index in [1.54, 1.807) is 0 Å². The van der Waals surface area contributed by atoms with E-state index < -0.39 is 19.1 Å². The molecule has 0 fully saturated rings. The molecule has 576 valence electrons. The molecule has 8 aromatic carbocycles. The van der Waals surface area contributed by atoms with E-state index in [1.807, 2.05) is 140 Å². The largest absolute Gasteiger partial charge is 1.00 e. The summed E-state index contributed by atoms with van der Waals surface area (Å²) in [5.41, 5.74) is 46.9. The van der Waals surface area contributed by atoms with Crippen LogP contribution in [0, 0.1) is 73.0 Å². The monoisotopic (exact) mass is 1640 g/mol. The molecular weight excluding hydrogens is 1550 g/mol. The van der Waals surface area contributed by atoms with Crippen molar-refractivity contribution >= 4 is 89.3 Å². The Bertz CT molecular complexity index is 5550. The van der Waals surface area contributed by atoms with Gasteiger partial charge in [0.1, 0.15) is 60.5 Å². The molecule has 0 saturated heterocycles. The van der Waals surface area contributed by atoms with Gasteiger partial charge in [0.25, 0.3) is 0 Å². The molecule has 4 aromatic heterocycles. The Morgan fingerprint density at radius 2 is 0.714 bits per heavy atom. The van der Waals surface area contributed by atoms with Crippen LogP contribution in [0.2, 0.25) is 0 Å². The van der Waals surface area contributed by atoms with Crippen LogP contribution >= 0.6 is 26.6 Å². The van der Waals surface area contributed by atoms with Gasteiger partial charge in [0, 0.05) is 81.7 Å². The number of nitrogens with zero attached hydrogens (tertiary/aromatic N) is 14. The third kappa shape index (κ3) is 24.2. The van der Waals surface area contributed by atoms with Gasteiger partial charge < -0.3 is 54.0 Å². The number of halogens is 2. The number of rotatable bonds is 23. The van der Waals surface area contributed by atoms with Crippen molar-refractivity contribution in [1.82, 2.24) is 23.0 Å². The fraction of sp³-hybridized carbons (Fsp3) is 0.277. The number of hydrogen-bond acceptors (Lipinski definition) is 14. The Morgan fingerprint density at radius 1 is 0.464 bits per heavy atom. The molecule has 0 saturated carbocycles. The van der Waals surface area contributed by atoms with Crippen molar-refractivity contribution in [3.63, 3.8) is 0 Å². The van der Waals surface area contributed by atoms with Crippen LogP contribution in [-0.2, 0) is 45.3 Å². The van der Waals surface area contributed by atoms with Crippen LogP contribution in [0.1, 0.15) is 79.6 Å². The minimum Gasteiger partial charge on any atom is -0.493 e. The predicted octanol–water partition coefficient (Wildman–Crippen LogP) is 16.5. The second-order valence-electron chi connectivity index (χ2n) is 24.8. The molecule has 12 aromatic rings. The molecule has 0 aliphatic heterocycles. The summed E-state index contributed by atoms with van der Waals surface area (Å²) in [5.74, 6) is 2.98. The van der Waals surface area contributed by atoms with Crippen molar-refractivity contribution in [2.24, 2.45) is 10.8 Å². The molecule has 112 heavy (non-hydrogen) atoms.